The molecule has 1 heterocycles. The van der Waals surface area contributed by atoms with Crippen molar-refractivity contribution >= 4 is 11.1 Å². The molecule has 0 aliphatic heterocycles. The SMILES string of the molecule is COCC1(C)CC(c2nc(-c3ccc(CO)cc3F)no2)=CC=C1c1ccccc1. The van der Waals surface area contributed by atoms with Crippen LogP contribution in [0.1, 0.15) is 30.4 Å². The zero-order chi connectivity index (χ0) is 21.1. The highest BCUT2D eigenvalue weighted by Crippen LogP contribution is 2.45. The third-order valence-corrected chi connectivity index (χ3v) is 5.39. The molecule has 1 N–H and O–H groups in total. The number of halogens is 1. The van der Waals surface area contributed by atoms with E-state index in [1.54, 1.807) is 19.2 Å². The monoisotopic (exact) mass is 406 g/mol. The van der Waals surface area contributed by atoms with Gasteiger partial charge in [-0.1, -0.05) is 60.6 Å². The standard InChI is InChI=1S/C24H23FN2O3/c1-24(15-29-2)13-18(9-11-20(24)17-6-4-3-5-7-17)23-26-22(27-30-23)19-10-8-16(14-28)12-21(19)25/h3-12,28H,13-15H2,1-2H3. The van der Waals surface area contributed by atoms with Gasteiger partial charge in [-0.25, -0.2) is 4.39 Å². The Morgan fingerprint density at radius 2 is 1.97 bits per heavy atom. The third kappa shape index (κ3) is 3.84. The molecule has 0 fully saturated rings. The predicted molar refractivity (Wildman–Crippen MR) is 113 cm³/mol. The predicted octanol–water partition coefficient (Wildman–Crippen LogP) is 4.89. The molecule has 5 nitrogen and oxygen atoms in total. The number of aliphatic hydroxyl groups is 1. The lowest BCUT2D eigenvalue weighted by Gasteiger charge is -2.34. The first kappa shape index (κ1) is 20.2. The van der Waals surface area contributed by atoms with Gasteiger partial charge in [0.1, 0.15) is 5.82 Å². The molecule has 0 radical (unpaired) electrons. The van der Waals surface area contributed by atoms with Crippen LogP contribution in [0.15, 0.2) is 65.2 Å². The van der Waals surface area contributed by atoms with Crippen molar-refractivity contribution < 1.29 is 18.8 Å². The molecule has 2 aromatic carbocycles. The summed E-state index contributed by atoms with van der Waals surface area (Å²) in [4.78, 5) is 4.43. The van der Waals surface area contributed by atoms with Crippen molar-refractivity contribution in [3.05, 3.63) is 83.5 Å². The van der Waals surface area contributed by atoms with Crippen molar-refractivity contribution in [2.75, 3.05) is 13.7 Å². The van der Waals surface area contributed by atoms with Gasteiger partial charge in [-0.05, 0) is 35.3 Å². The van der Waals surface area contributed by atoms with Gasteiger partial charge in [-0.3, -0.25) is 0 Å². The van der Waals surface area contributed by atoms with Crippen LogP contribution < -0.4 is 0 Å². The molecule has 30 heavy (non-hydrogen) atoms. The maximum atomic E-state index is 14.4. The fourth-order valence-electron chi connectivity index (χ4n) is 3.92. The molecular formula is C24H23FN2O3. The Morgan fingerprint density at radius 1 is 1.17 bits per heavy atom. The Bertz CT molecular complexity index is 1100. The lowest BCUT2D eigenvalue weighted by Crippen LogP contribution is -2.27. The summed E-state index contributed by atoms with van der Waals surface area (Å²) in [5, 5.41) is 13.1. The van der Waals surface area contributed by atoms with Gasteiger partial charge in [0.25, 0.3) is 5.89 Å². The fraction of sp³-hybridized carbons (Fsp3) is 0.250. The molecule has 1 aliphatic carbocycles. The number of benzene rings is 2. The molecule has 0 amide bonds. The molecule has 1 aromatic heterocycles. The summed E-state index contributed by atoms with van der Waals surface area (Å²) in [6.45, 7) is 2.45. The number of methoxy groups -OCH3 is 1. The molecule has 154 valence electrons. The van der Waals surface area contributed by atoms with Gasteiger partial charge in [-0.15, -0.1) is 0 Å². The summed E-state index contributed by atoms with van der Waals surface area (Å²) in [6.07, 6.45) is 4.69. The minimum absolute atomic E-state index is 0.180. The van der Waals surface area contributed by atoms with E-state index in [4.69, 9.17) is 14.4 Å². The van der Waals surface area contributed by atoms with E-state index >= 15 is 0 Å². The van der Waals surface area contributed by atoms with E-state index in [9.17, 15) is 4.39 Å². The zero-order valence-electron chi connectivity index (χ0n) is 16.9. The average Bonchev–Trinajstić information content (AvgIpc) is 3.24. The fourth-order valence-corrected chi connectivity index (χ4v) is 3.92. The number of ether oxygens (including phenoxy) is 1. The first-order valence-electron chi connectivity index (χ1n) is 9.73. The van der Waals surface area contributed by atoms with Crippen molar-refractivity contribution in [1.29, 1.82) is 0 Å². The summed E-state index contributed by atoms with van der Waals surface area (Å²) in [5.41, 5.74) is 3.65. The Hall–Kier alpha value is -3.09. The van der Waals surface area contributed by atoms with E-state index in [1.165, 1.54) is 11.6 Å². The normalized spacial score (nSPS) is 18.8. The van der Waals surface area contributed by atoms with E-state index in [-0.39, 0.29) is 23.4 Å². The molecule has 0 spiro atoms. The van der Waals surface area contributed by atoms with Gasteiger partial charge < -0.3 is 14.4 Å². The number of allylic oxidation sites excluding steroid dienone is 3. The summed E-state index contributed by atoms with van der Waals surface area (Å²) < 4.78 is 25.4. The maximum Gasteiger partial charge on any atom is 0.254 e. The first-order valence-corrected chi connectivity index (χ1v) is 9.73. The topological polar surface area (TPSA) is 68.4 Å². The van der Waals surface area contributed by atoms with E-state index in [2.05, 4.69) is 35.3 Å². The highest BCUT2D eigenvalue weighted by molar-refractivity contribution is 5.80. The number of hydrogen-bond acceptors (Lipinski definition) is 5. The number of nitrogens with zero attached hydrogens (tertiary/aromatic N) is 2. The summed E-state index contributed by atoms with van der Waals surface area (Å²) in [6, 6.07) is 14.7. The smallest absolute Gasteiger partial charge is 0.254 e. The van der Waals surface area contributed by atoms with Crippen molar-refractivity contribution in [3.63, 3.8) is 0 Å². The molecular weight excluding hydrogens is 383 g/mol. The molecule has 0 saturated carbocycles. The largest absolute Gasteiger partial charge is 0.392 e. The van der Waals surface area contributed by atoms with Crippen molar-refractivity contribution in [2.24, 2.45) is 5.41 Å². The minimum Gasteiger partial charge on any atom is -0.392 e. The number of aromatic nitrogens is 2. The Morgan fingerprint density at radius 3 is 2.67 bits per heavy atom. The molecule has 1 unspecified atom stereocenters. The second-order valence-electron chi connectivity index (χ2n) is 7.70. The van der Waals surface area contributed by atoms with Crippen LogP contribution >= 0.6 is 0 Å². The zero-order valence-corrected chi connectivity index (χ0v) is 16.9. The molecule has 6 heteroatoms. The molecule has 1 aliphatic rings. The second-order valence-corrected chi connectivity index (χ2v) is 7.70. The van der Waals surface area contributed by atoms with Crippen LogP contribution in [0.25, 0.3) is 22.5 Å². The van der Waals surface area contributed by atoms with Crippen LogP contribution in [-0.4, -0.2) is 29.0 Å². The van der Waals surface area contributed by atoms with E-state index in [0.717, 1.165) is 11.1 Å². The lowest BCUT2D eigenvalue weighted by atomic mass is 9.71. The Labute approximate surface area is 174 Å². The van der Waals surface area contributed by atoms with Gasteiger partial charge in [0.2, 0.25) is 5.82 Å². The van der Waals surface area contributed by atoms with Crippen molar-refractivity contribution in [2.45, 2.75) is 20.0 Å². The van der Waals surface area contributed by atoms with Crippen LogP contribution in [0.5, 0.6) is 0 Å². The van der Waals surface area contributed by atoms with Crippen LogP contribution in [0.3, 0.4) is 0 Å². The minimum atomic E-state index is -0.498. The highest BCUT2D eigenvalue weighted by atomic mass is 19.1. The number of aliphatic hydroxyl groups excluding tert-OH is 1. The van der Waals surface area contributed by atoms with Crippen LogP contribution in [-0.2, 0) is 11.3 Å². The van der Waals surface area contributed by atoms with E-state index < -0.39 is 5.82 Å². The summed E-state index contributed by atoms with van der Waals surface area (Å²) in [5.74, 6) is 0.0440. The van der Waals surface area contributed by atoms with Gasteiger partial charge in [0.15, 0.2) is 0 Å². The summed E-state index contributed by atoms with van der Waals surface area (Å²) >= 11 is 0. The van der Waals surface area contributed by atoms with Crippen molar-refractivity contribution in [1.82, 2.24) is 10.1 Å². The van der Waals surface area contributed by atoms with Crippen LogP contribution in [0, 0.1) is 11.2 Å². The first-order chi connectivity index (χ1) is 14.5. The van der Waals surface area contributed by atoms with E-state index in [0.29, 0.717) is 24.5 Å². The highest BCUT2D eigenvalue weighted by Gasteiger charge is 2.35. The Kier molecular flexibility index (Phi) is 5.61. The van der Waals surface area contributed by atoms with Crippen LogP contribution in [0.4, 0.5) is 4.39 Å². The van der Waals surface area contributed by atoms with Crippen molar-refractivity contribution in [3.8, 4) is 11.4 Å². The maximum absolute atomic E-state index is 14.4. The quantitative estimate of drug-likeness (QED) is 0.631. The molecule has 3 aromatic rings. The van der Waals surface area contributed by atoms with E-state index in [1.807, 2.05) is 24.3 Å². The molecule has 0 bridgehead atoms. The molecule has 1 atom stereocenters. The van der Waals surface area contributed by atoms with Gasteiger partial charge >= 0.3 is 0 Å². The number of hydrogen-bond donors (Lipinski definition) is 1. The summed E-state index contributed by atoms with van der Waals surface area (Å²) in [7, 11) is 1.69. The molecule has 4 rings (SSSR count). The average molecular weight is 406 g/mol. The van der Waals surface area contributed by atoms with Gasteiger partial charge in [-0.2, -0.15) is 4.98 Å². The lowest BCUT2D eigenvalue weighted by molar-refractivity contribution is 0.129. The second kappa shape index (κ2) is 8.34. The van der Waals surface area contributed by atoms with Gasteiger partial charge in [0.05, 0.1) is 18.8 Å². The third-order valence-electron chi connectivity index (χ3n) is 5.39. The number of rotatable bonds is 6. The Balaban J connectivity index is 1.68. The van der Waals surface area contributed by atoms with Gasteiger partial charge in [0, 0.05) is 18.1 Å². The van der Waals surface area contributed by atoms with Crippen LogP contribution in [0.2, 0.25) is 0 Å². The molecule has 0 saturated heterocycles.